The van der Waals surface area contributed by atoms with Gasteiger partial charge in [-0.05, 0) is 63.1 Å². The fourth-order valence-electron chi connectivity index (χ4n) is 3.86. The molecule has 2 aliphatic rings. The topological polar surface area (TPSA) is 150 Å². The summed E-state index contributed by atoms with van der Waals surface area (Å²) in [6.45, 7) is 7.75. The van der Waals surface area contributed by atoms with Crippen LogP contribution < -0.4 is 10.2 Å². The molecule has 0 radical (unpaired) electrons. The zero-order valence-electron chi connectivity index (χ0n) is 20.5. The van der Waals surface area contributed by atoms with Crippen molar-refractivity contribution < 1.29 is 25.9 Å². The molecule has 0 amide bonds. The van der Waals surface area contributed by atoms with Crippen LogP contribution in [0.3, 0.4) is 0 Å². The number of fused-ring (bicyclic) bond motifs is 2. The molecule has 5 rings (SSSR count). The van der Waals surface area contributed by atoms with E-state index in [4.69, 9.17) is 20.7 Å². The molecular formula is C24H29ClN4O6S2. The van der Waals surface area contributed by atoms with Crippen molar-refractivity contribution in [2.24, 2.45) is 0 Å². The molecule has 0 saturated carbocycles. The molecule has 0 unspecified atom stereocenters. The van der Waals surface area contributed by atoms with Crippen LogP contribution in [0, 0.1) is 20.8 Å². The number of hydrogen-bond acceptors (Lipinski definition) is 8. The van der Waals surface area contributed by atoms with Crippen LogP contribution in [0.4, 0.5) is 5.82 Å². The monoisotopic (exact) mass is 568 g/mol. The molecule has 2 aliphatic heterocycles. The lowest BCUT2D eigenvalue weighted by Gasteiger charge is -2.28. The van der Waals surface area contributed by atoms with Crippen LogP contribution >= 0.6 is 11.6 Å². The summed E-state index contributed by atoms with van der Waals surface area (Å²) in [6.07, 6.45) is 1.23. The zero-order chi connectivity index (χ0) is 27.4. The maximum absolute atomic E-state index is 10.5. The number of anilines is 1. The Morgan fingerprint density at radius 2 is 1.35 bits per heavy atom. The van der Waals surface area contributed by atoms with Crippen LogP contribution in [-0.2, 0) is 20.2 Å². The highest BCUT2D eigenvalue weighted by Crippen LogP contribution is 2.28. The van der Waals surface area contributed by atoms with Gasteiger partial charge in [0.2, 0.25) is 0 Å². The summed E-state index contributed by atoms with van der Waals surface area (Å²) in [5, 5.41) is 12.1. The van der Waals surface area contributed by atoms with Gasteiger partial charge in [0.25, 0.3) is 20.2 Å². The largest absolute Gasteiger partial charge is 0.349 e. The second-order valence-electron chi connectivity index (χ2n) is 8.90. The second kappa shape index (κ2) is 11.8. The molecule has 2 atom stereocenters. The van der Waals surface area contributed by atoms with Gasteiger partial charge in [-0.25, -0.2) is 0 Å². The van der Waals surface area contributed by atoms with E-state index in [1.807, 2.05) is 26.8 Å². The van der Waals surface area contributed by atoms with Crippen molar-refractivity contribution in [1.29, 1.82) is 0 Å². The minimum Gasteiger partial charge on any atom is -0.349 e. The average molecular weight is 569 g/mol. The Morgan fingerprint density at radius 1 is 0.865 bits per heavy atom. The van der Waals surface area contributed by atoms with Crippen molar-refractivity contribution in [2.45, 2.75) is 49.1 Å². The molecule has 1 aromatic heterocycles. The predicted molar refractivity (Wildman–Crippen MR) is 141 cm³/mol. The van der Waals surface area contributed by atoms with Gasteiger partial charge in [-0.2, -0.15) is 16.8 Å². The fourth-order valence-corrected chi connectivity index (χ4v) is 4.91. The molecule has 2 aromatic carbocycles. The third-order valence-corrected chi connectivity index (χ3v) is 8.01. The molecule has 37 heavy (non-hydrogen) atoms. The van der Waals surface area contributed by atoms with Gasteiger partial charge >= 0.3 is 0 Å². The molecule has 3 aromatic rings. The van der Waals surface area contributed by atoms with Crippen molar-refractivity contribution >= 4 is 37.7 Å². The summed E-state index contributed by atoms with van der Waals surface area (Å²) in [5.74, 6) is 0.964. The highest BCUT2D eigenvalue weighted by molar-refractivity contribution is 7.86. The summed E-state index contributed by atoms with van der Waals surface area (Å²) in [5.41, 5.74) is 2.91. The second-order valence-corrected chi connectivity index (χ2v) is 12.1. The summed E-state index contributed by atoms with van der Waals surface area (Å²) < 4.78 is 59.1. The number of nitrogens with one attached hydrogen (secondary N) is 1. The van der Waals surface area contributed by atoms with E-state index in [1.54, 1.807) is 24.3 Å². The Balaban J connectivity index is 0.000000158. The fraction of sp³-hybridized carbons (Fsp3) is 0.333. The zero-order valence-corrected chi connectivity index (χ0v) is 22.9. The van der Waals surface area contributed by atoms with E-state index in [1.165, 1.54) is 30.7 Å². The van der Waals surface area contributed by atoms with Crippen LogP contribution in [0.2, 0.25) is 5.15 Å². The number of rotatable bonds is 3. The first-order valence-corrected chi connectivity index (χ1v) is 14.6. The summed E-state index contributed by atoms with van der Waals surface area (Å²) in [4.78, 5) is 2.20. The Kier molecular flexibility index (Phi) is 9.27. The van der Waals surface area contributed by atoms with E-state index >= 15 is 0 Å². The minimum absolute atomic E-state index is 0.0666. The number of nitrogens with zero attached hydrogens (tertiary/aromatic N) is 3. The van der Waals surface area contributed by atoms with Crippen LogP contribution in [0.25, 0.3) is 0 Å². The quantitative estimate of drug-likeness (QED) is 0.401. The first-order valence-electron chi connectivity index (χ1n) is 11.3. The van der Waals surface area contributed by atoms with E-state index in [-0.39, 0.29) is 9.79 Å². The van der Waals surface area contributed by atoms with Gasteiger partial charge < -0.3 is 10.2 Å². The lowest BCUT2D eigenvalue weighted by atomic mass is 10.2. The highest BCUT2D eigenvalue weighted by atomic mass is 35.5. The molecular weight excluding hydrogens is 540 g/mol. The number of aryl methyl sites for hydroxylation is 3. The van der Waals surface area contributed by atoms with E-state index in [2.05, 4.69) is 20.4 Å². The number of aromatic nitrogens is 2. The minimum atomic E-state index is -4.02. The standard InChI is InChI=1S/C10H13ClN4.2C7H8O3S/c1-6-2-9(13-14-10(6)11)15-5-7-3-8(15)4-12-7;2*1-6-2-4-7(5-3-6)11(8,9)10/h2,7-8,12H,3-5H2,1H3;2*2-5H,1H3,(H,8,9,10)/t7-,8-;;/m0../s1. The Hall–Kier alpha value is -2.61. The number of hydrogen-bond donors (Lipinski definition) is 3. The lowest BCUT2D eigenvalue weighted by Crippen LogP contribution is -2.44. The van der Waals surface area contributed by atoms with Crippen LogP contribution in [0.1, 0.15) is 23.1 Å². The van der Waals surface area contributed by atoms with Crippen molar-refractivity contribution in [2.75, 3.05) is 18.0 Å². The maximum atomic E-state index is 10.5. The van der Waals surface area contributed by atoms with Crippen molar-refractivity contribution in [3.05, 3.63) is 76.4 Å². The molecule has 3 heterocycles. The number of halogens is 1. The lowest BCUT2D eigenvalue weighted by molar-refractivity contribution is 0.481. The Labute approximate surface area is 222 Å². The van der Waals surface area contributed by atoms with Crippen LogP contribution in [0.15, 0.2) is 64.4 Å². The SMILES string of the molecule is Cc1cc(N2C[C@@H]3C[C@H]2CN3)nnc1Cl.Cc1ccc(S(=O)(=O)O)cc1.Cc1ccc(S(=O)(=O)O)cc1. The maximum Gasteiger partial charge on any atom is 0.294 e. The molecule has 2 fully saturated rings. The van der Waals surface area contributed by atoms with E-state index < -0.39 is 20.2 Å². The molecule has 0 aliphatic carbocycles. The molecule has 13 heteroatoms. The normalized spacial score (nSPS) is 18.5. The van der Waals surface area contributed by atoms with Crippen molar-refractivity contribution in [1.82, 2.24) is 15.5 Å². The van der Waals surface area contributed by atoms with Gasteiger partial charge in [-0.3, -0.25) is 9.11 Å². The van der Waals surface area contributed by atoms with Crippen LogP contribution in [0.5, 0.6) is 0 Å². The molecule has 10 nitrogen and oxygen atoms in total. The summed E-state index contributed by atoms with van der Waals surface area (Å²) in [7, 11) is -8.04. The Bertz CT molecular complexity index is 1360. The third-order valence-electron chi connectivity index (χ3n) is 5.90. The van der Waals surface area contributed by atoms with Crippen LogP contribution in [-0.4, -0.2) is 61.3 Å². The first-order chi connectivity index (χ1) is 17.2. The van der Waals surface area contributed by atoms with Gasteiger partial charge in [0.1, 0.15) is 0 Å². The number of benzene rings is 2. The summed E-state index contributed by atoms with van der Waals surface area (Å²) in [6, 6.07) is 15.2. The average Bonchev–Trinajstić information content (AvgIpc) is 3.45. The Morgan fingerprint density at radius 3 is 1.70 bits per heavy atom. The van der Waals surface area contributed by atoms with Gasteiger partial charge in [0.15, 0.2) is 11.0 Å². The molecule has 200 valence electrons. The summed E-state index contributed by atoms with van der Waals surface area (Å²) >= 11 is 5.86. The van der Waals surface area contributed by atoms with Gasteiger partial charge in [0.05, 0.1) is 9.79 Å². The van der Waals surface area contributed by atoms with E-state index in [9.17, 15) is 16.8 Å². The van der Waals surface area contributed by atoms with E-state index in [0.717, 1.165) is 35.6 Å². The predicted octanol–water partition coefficient (Wildman–Crippen LogP) is 3.47. The molecule has 2 saturated heterocycles. The van der Waals surface area contributed by atoms with Gasteiger partial charge in [-0.1, -0.05) is 47.0 Å². The highest BCUT2D eigenvalue weighted by Gasteiger charge is 2.38. The number of piperazine rings is 1. The molecule has 2 bridgehead atoms. The van der Waals surface area contributed by atoms with E-state index in [0.29, 0.717) is 17.2 Å². The third kappa shape index (κ3) is 8.19. The van der Waals surface area contributed by atoms with Gasteiger partial charge in [0, 0.05) is 25.2 Å². The molecule has 3 N–H and O–H groups in total. The molecule has 0 spiro atoms. The van der Waals surface area contributed by atoms with Gasteiger partial charge in [-0.15, -0.1) is 10.2 Å². The first kappa shape index (κ1) is 29.0. The van der Waals surface area contributed by atoms with Crippen molar-refractivity contribution in [3.63, 3.8) is 0 Å². The van der Waals surface area contributed by atoms with Crippen molar-refractivity contribution in [3.8, 4) is 0 Å². The smallest absolute Gasteiger partial charge is 0.294 e.